The van der Waals surface area contributed by atoms with Gasteiger partial charge in [0.2, 0.25) is 0 Å². The Labute approximate surface area is 164 Å². The predicted octanol–water partition coefficient (Wildman–Crippen LogP) is 5.58. The van der Waals surface area contributed by atoms with E-state index >= 15 is 0 Å². The minimum Gasteiger partial charge on any atom is -0.287 e. The fourth-order valence-corrected chi connectivity index (χ4v) is 4.96. The van der Waals surface area contributed by atoms with E-state index in [9.17, 15) is 9.18 Å². The molecular weight excluding hydrogens is 379 g/mol. The molecule has 136 valence electrons. The fraction of sp³-hybridized carbons (Fsp3) is 0.143. The van der Waals surface area contributed by atoms with Crippen LogP contribution < -0.4 is 5.56 Å². The topological polar surface area (TPSA) is 34.9 Å². The van der Waals surface area contributed by atoms with Crippen molar-refractivity contribution in [3.63, 3.8) is 0 Å². The smallest absolute Gasteiger partial charge is 0.272 e. The van der Waals surface area contributed by atoms with Crippen LogP contribution in [0.3, 0.4) is 0 Å². The summed E-state index contributed by atoms with van der Waals surface area (Å²) in [4.78, 5) is 18.7. The van der Waals surface area contributed by atoms with Crippen molar-refractivity contribution in [3.8, 4) is 10.4 Å². The van der Waals surface area contributed by atoms with E-state index in [-0.39, 0.29) is 11.4 Å². The van der Waals surface area contributed by atoms with E-state index in [4.69, 9.17) is 4.98 Å². The van der Waals surface area contributed by atoms with Crippen molar-refractivity contribution < 1.29 is 4.39 Å². The maximum atomic E-state index is 13.4. The van der Waals surface area contributed by atoms with Crippen LogP contribution in [-0.2, 0) is 12.3 Å². The molecule has 0 radical (unpaired) electrons. The number of fused-ring (bicyclic) bond motifs is 1. The first-order chi connectivity index (χ1) is 13.2. The number of nitrogens with zero attached hydrogens (tertiary/aromatic N) is 2. The molecule has 0 aliphatic heterocycles. The monoisotopic (exact) mass is 396 g/mol. The van der Waals surface area contributed by atoms with E-state index in [1.807, 2.05) is 49.4 Å². The maximum absolute atomic E-state index is 13.4. The molecule has 2 aromatic heterocycles. The molecule has 0 bridgehead atoms. The molecule has 0 spiro atoms. The van der Waals surface area contributed by atoms with Gasteiger partial charge < -0.3 is 0 Å². The summed E-state index contributed by atoms with van der Waals surface area (Å²) in [6, 6.07) is 18.5. The third kappa shape index (κ3) is 3.68. The maximum Gasteiger partial charge on any atom is 0.272 e. The number of rotatable bonds is 5. The van der Waals surface area contributed by atoms with Gasteiger partial charge in [-0.05, 0) is 36.2 Å². The molecule has 0 fully saturated rings. The first kappa shape index (κ1) is 17.9. The number of hydrogen-bond acceptors (Lipinski definition) is 4. The number of hydrogen-bond donors (Lipinski definition) is 0. The summed E-state index contributed by atoms with van der Waals surface area (Å²) in [7, 11) is 0. The second-order valence-corrected chi connectivity index (χ2v) is 8.05. The van der Waals surface area contributed by atoms with Crippen molar-refractivity contribution in [2.75, 3.05) is 0 Å². The Hall–Kier alpha value is -2.44. The number of aromatic nitrogens is 2. The third-order valence-corrected chi connectivity index (χ3v) is 6.44. The number of halogens is 1. The van der Waals surface area contributed by atoms with Gasteiger partial charge in [0, 0.05) is 17.2 Å². The van der Waals surface area contributed by atoms with Crippen molar-refractivity contribution in [1.82, 2.24) is 9.55 Å². The van der Waals surface area contributed by atoms with Crippen molar-refractivity contribution >= 4 is 33.3 Å². The summed E-state index contributed by atoms with van der Waals surface area (Å²) >= 11 is 2.93. The molecule has 0 atom stereocenters. The van der Waals surface area contributed by atoms with Gasteiger partial charge in [0.25, 0.3) is 5.56 Å². The van der Waals surface area contributed by atoms with Gasteiger partial charge in [0.1, 0.15) is 10.5 Å². The van der Waals surface area contributed by atoms with E-state index < -0.39 is 0 Å². The molecule has 4 aromatic rings. The van der Waals surface area contributed by atoms with Gasteiger partial charge in [-0.15, -0.1) is 11.3 Å². The molecule has 3 nitrogen and oxygen atoms in total. The highest BCUT2D eigenvalue weighted by Crippen LogP contribution is 2.32. The minimum absolute atomic E-state index is 0.0172. The van der Waals surface area contributed by atoms with Crippen LogP contribution in [0.25, 0.3) is 20.7 Å². The standard InChI is InChI=1S/C21H17FN2OS2/c1-2-24-20(25)19-17(12-18(27-19)15-8-4-3-5-9-15)23-21(24)26-13-14-7-6-10-16(22)11-14/h3-12H,2,13H2,1H3. The Morgan fingerprint density at radius 2 is 1.93 bits per heavy atom. The Morgan fingerprint density at radius 3 is 2.67 bits per heavy atom. The molecule has 0 amide bonds. The number of thioether (sulfide) groups is 1. The first-order valence-electron chi connectivity index (χ1n) is 8.62. The van der Waals surface area contributed by atoms with Crippen molar-refractivity contribution in [2.24, 2.45) is 0 Å². The highest BCUT2D eigenvalue weighted by molar-refractivity contribution is 7.98. The Balaban J connectivity index is 1.73. The van der Waals surface area contributed by atoms with Gasteiger partial charge in [0.15, 0.2) is 5.16 Å². The van der Waals surface area contributed by atoms with Gasteiger partial charge >= 0.3 is 0 Å². The molecule has 6 heteroatoms. The summed E-state index contributed by atoms with van der Waals surface area (Å²) in [6.45, 7) is 2.48. The minimum atomic E-state index is -0.255. The van der Waals surface area contributed by atoms with E-state index in [0.717, 1.165) is 21.5 Å². The highest BCUT2D eigenvalue weighted by Gasteiger charge is 2.14. The molecule has 0 saturated carbocycles. The van der Waals surface area contributed by atoms with Crippen LogP contribution in [0.5, 0.6) is 0 Å². The molecule has 2 heterocycles. The van der Waals surface area contributed by atoms with Gasteiger partial charge in [-0.1, -0.05) is 54.2 Å². The van der Waals surface area contributed by atoms with Crippen LogP contribution in [0.15, 0.2) is 70.6 Å². The lowest BCUT2D eigenvalue weighted by Gasteiger charge is -2.09. The summed E-state index contributed by atoms with van der Waals surface area (Å²) in [5.41, 5.74) is 2.65. The second kappa shape index (κ2) is 7.66. The van der Waals surface area contributed by atoms with Crippen molar-refractivity contribution in [2.45, 2.75) is 24.4 Å². The van der Waals surface area contributed by atoms with Crippen LogP contribution >= 0.6 is 23.1 Å². The van der Waals surface area contributed by atoms with E-state index in [0.29, 0.717) is 22.2 Å². The van der Waals surface area contributed by atoms with Gasteiger partial charge in [-0.25, -0.2) is 9.37 Å². The lowest BCUT2D eigenvalue weighted by molar-refractivity contribution is 0.626. The highest BCUT2D eigenvalue weighted by atomic mass is 32.2. The zero-order chi connectivity index (χ0) is 18.8. The Morgan fingerprint density at radius 1 is 1.11 bits per heavy atom. The molecule has 0 aliphatic carbocycles. The third-order valence-electron chi connectivity index (χ3n) is 4.23. The van der Waals surface area contributed by atoms with E-state index in [1.54, 1.807) is 10.6 Å². The summed E-state index contributed by atoms with van der Waals surface area (Å²) in [5.74, 6) is 0.306. The molecular formula is C21H17FN2OS2. The first-order valence-corrected chi connectivity index (χ1v) is 10.4. The average Bonchev–Trinajstić information content (AvgIpc) is 3.12. The molecule has 0 aliphatic rings. The van der Waals surface area contributed by atoms with Crippen LogP contribution in [-0.4, -0.2) is 9.55 Å². The van der Waals surface area contributed by atoms with Crippen LogP contribution in [0.1, 0.15) is 12.5 Å². The van der Waals surface area contributed by atoms with Crippen molar-refractivity contribution in [3.05, 3.63) is 82.4 Å². The fourth-order valence-electron chi connectivity index (χ4n) is 2.90. The normalized spacial score (nSPS) is 11.2. The lowest BCUT2D eigenvalue weighted by atomic mass is 10.2. The van der Waals surface area contributed by atoms with Crippen molar-refractivity contribution in [1.29, 1.82) is 0 Å². The number of benzene rings is 2. The van der Waals surface area contributed by atoms with E-state index in [2.05, 4.69) is 0 Å². The van der Waals surface area contributed by atoms with Crippen LogP contribution in [0.4, 0.5) is 4.39 Å². The second-order valence-electron chi connectivity index (χ2n) is 6.05. The Kier molecular flexibility index (Phi) is 5.09. The van der Waals surface area contributed by atoms with Crippen LogP contribution in [0, 0.1) is 5.82 Å². The van der Waals surface area contributed by atoms with Crippen LogP contribution in [0.2, 0.25) is 0 Å². The Bertz CT molecular complexity index is 1150. The summed E-state index contributed by atoms with van der Waals surface area (Å²) in [6.07, 6.45) is 0. The molecule has 0 N–H and O–H groups in total. The largest absolute Gasteiger partial charge is 0.287 e. The SMILES string of the molecule is CCn1c(SCc2cccc(F)c2)nc2cc(-c3ccccc3)sc2c1=O. The van der Waals surface area contributed by atoms with Gasteiger partial charge in [-0.3, -0.25) is 9.36 Å². The molecule has 0 saturated heterocycles. The quantitative estimate of drug-likeness (QED) is 0.326. The zero-order valence-corrected chi connectivity index (χ0v) is 16.3. The van der Waals surface area contributed by atoms with Gasteiger partial charge in [-0.2, -0.15) is 0 Å². The predicted molar refractivity (Wildman–Crippen MR) is 111 cm³/mol. The average molecular weight is 397 g/mol. The number of thiophene rings is 1. The molecule has 4 rings (SSSR count). The lowest BCUT2D eigenvalue weighted by Crippen LogP contribution is -2.21. The zero-order valence-electron chi connectivity index (χ0n) is 14.7. The summed E-state index contributed by atoms with van der Waals surface area (Å²) in [5, 5.41) is 0.664. The van der Waals surface area contributed by atoms with E-state index in [1.165, 1.54) is 35.2 Å². The molecule has 27 heavy (non-hydrogen) atoms. The summed E-state index contributed by atoms with van der Waals surface area (Å²) < 4.78 is 15.8. The molecule has 0 unspecified atom stereocenters. The van der Waals surface area contributed by atoms with Gasteiger partial charge in [0.05, 0.1) is 5.52 Å². The molecule has 2 aromatic carbocycles.